The number of methoxy groups -OCH3 is 1. The summed E-state index contributed by atoms with van der Waals surface area (Å²) in [5.74, 6) is -0.576. The van der Waals surface area contributed by atoms with Crippen molar-refractivity contribution in [3.63, 3.8) is 0 Å². The highest BCUT2D eigenvalue weighted by atomic mass is 35.5. The number of carbonyl (C=O) groups excluding carboxylic acids is 1. The minimum absolute atomic E-state index is 0.172. The number of hydrogen-bond acceptors (Lipinski definition) is 3. The molecule has 1 aromatic carbocycles. The van der Waals surface area contributed by atoms with E-state index >= 15 is 0 Å². The maximum absolute atomic E-state index is 11.6. The van der Waals surface area contributed by atoms with Crippen molar-refractivity contribution >= 4 is 52.4 Å². The molecule has 0 unspecified atom stereocenters. The van der Waals surface area contributed by atoms with Gasteiger partial charge in [0.15, 0.2) is 0 Å². The van der Waals surface area contributed by atoms with E-state index in [4.69, 9.17) is 46.4 Å². The summed E-state index contributed by atoms with van der Waals surface area (Å²) in [6.45, 7) is 0. The summed E-state index contributed by atoms with van der Waals surface area (Å²) >= 11 is 24.1. The van der Waals surface area contributed by atoms with E-state index < -0.39 is 5.97 Å². The van der Waals surface area contributed by atoms with Crippen LogP contribution in [0, 0.1) is 0 Å². The van der Waals surface area contributed by atoms with Gasteiger partial charge in [0, 0.05) is 11.8 Å². The maximum Gasteiger partial charge on any atom is 0.339 e. The third-order valence-electron chi connectivity index (χ3n) is 2.56. The molecule has 20 heavy (non-hydrogen) atoms. The number of aromatic nitrogens is 1. The lowest BCUT2D eigenvalue weighted by Crippen LogP contribution is -2.03. The molecule has 104 valence electrons. The third-order valence-corrected chi connectivity index (χ3v) is 3.98. The van der Waals surface area contributed by atoms with E-state index in [0.29, 0.717) is 21.3 Å². The molecule has 1 heterocycles. The summed E-state index contributed by atoms with van der Waals surface area (Å²) in [5, 5.41) is 1.13. The summed E-state index contributed by atoms with van der Waals surface area (Å²) in [5.41, 5.74) is 0.987. The molecule has 2 aromatic rings. The number of nitrogens with zero attached hydrogens (tertiary/aromatic N) is 1. The normalized spacial score (nSPS) is 10.4. The monoisotopic (exact) mass is 349 g/mol. The topological polar surface area (TPSA) is 39.2 Å². The zero-order chi connectivity index (χ0) is 14.9. The second-order valence-corrected chi connectivity index (χ2v) is 5.36. The highest BCUT2D eigenvalue weighted by Gasteiger charge is 2.17. The van der Waals surface area contributed by atoms with Crippen LogP contribution in [0.5, 0.6) is 0 Å². The standard InChI is InChI=1S/C13H7Cl4NO2/c1-20-13(19)6-4-10(18-5-9(6)16)11-7(14)2-3-8(15)12(11)17/h2-5H,1H3. The molecule has 2 rings (SSSR count). The van der Waals surface area contributed by atoms with Gasteiger partial charge in [0.2, 0.25) is 0 Å². The SMILES string of the molecule is COC(=O)c1cc(-c2c(Cl)ccc(Cl)c2Cl)ncc1Cl. The van der Waals surface area contributed by atoms with Crippen molar-refractivity contribution in [1.82, 2.24) is 4.98 Å². The van der Waals surface area contributed by atoms with Gasteiger partial charge in [-0.1, -0.05) is 46.4 Å². The number of benzene rings is 1. The quantitative estimate of drug-likeness (QED) is 0.555. The van der Waals surface area contributed by atoms with Crippen molar-refractivity contribution in [1.29, 1.82) is 0 Å². The van der Waals surface area contributed by atoms with Crippen molar-refractivity contribution in [2.24, 2.45) is 0 Å². The molecular formula is C13H7Cl4NO2. The minimum atomic E-state index is -0.576. The van der Waals surface area contributed by atoms with Gasteiger partial charge >= 0.3 is 5.97 Å². The highest BCUT2D eigenvalue weighted by molar-refractivity contribution is 6.46. The maximum atomic E-state index is 11.6. The minimum Gasteiger partial charge on any atom is -0.465 e. The van der Waals surface area contributed by atoms with Gasteiger partial charge in [0.1, 0.15) is 0 Å². The first kappa shape index (κ1) is 15.4. The Balaban J connectivity index is 2.66. The Labute approximate surface area is 135 Å². The van der Waals surface area contributed by atoms with Gasteiger partial charge in [-0.2, -0.15) is 0 Å². The molecule has 0 radical (unpaired) electrons. The zero-order valence-corrected chi connectivity index (χ0v) is 13.1. The summed E-state index contributed by atoms with van der Waals surface area (Å²) in [6, 6.07) is 4.63. The molecule has 1 aromatic heterocycles. The van der Waals surface area contributed by atoms with Crippen molar-refractivity contribution in [3.8, 4) is 11.3 Å². The van der Waals surface area contributed by atoms with Gasteiger partial charge in [-0.15, -0.1) is 0 Å². The van der Waals surface area contributed by atoms with E-state index in [1.807, 2.05) is 0 Å². The first-order chi connectivity index (χ1) is 9.45. The molecule has 3 nitrogen and oxygen atoms in total. The van der Waals surface area contributed by atoms with Crippen LogP contribution in [0.15, 0.2) is 24.4 Å². The second kappa shape index (κ2) is 6.19. The average Bonchev–Trinajstić information content (AvgIpc) is 2.44. The number of hydrogen-bond donors (Lipinski definition) is 0. The van der Waals surface area contributed by atoms with Crippen LogP contribution >= 0.6 is 46.4 Å². The lowest BCUT2D eigenvalue weighted by molar-refractivity contribution is 0.0601. The number of ether oxygens (including phenoxy) is 1. The third kappa shape index (κ3) is 2.86. The van der Waals surface area contributed by atoms with Gasteiger partial charge in [-0.3, -0.25) is 4.98 Å². The van der Waals surface area contributed by atoms with E-state index in [9.17, 15) is 4.79 Å². The van der Waals surface area contributed by atoms with Crippen molar-refractivity contribution in [2.45, 2.75) is 0 Å². The molecule has 0 fully saturated rings. The first-order valence-corrected chi connectivity index (χ1v) is 6.84. The molecule has 0 saturated carbocycles. The first-order valence-electron chi connectivity index (χ1n) is 5.33. The Morgan fingerprint density at radius 3 is 2.40 bits per heavy atom. The predicted molar refractivity (Wildman–Crippen MR) is 81.1 cm³/mol. The van der Waals surface area contributed by atoms with Gasteiger partial charge in [0.25, 0.3) is 0 Å². The van der Waals surface area contributed by atoms with Crippen LogP contribution < -0.4 is 0 Å². The van der Waals surface area contributed by atoms with Gasteiger partial charge in [-0.05, 0) is 18.2 Å². The predicted octanol–water partition coefficient (Wildman–Crippen LogP) is 5.15. The van der Waals surface area contributed by atoms with Crippen LogP contribution in [0.3, 0.4) is 0 Å². The number of carbonyl (C=O) groups is 1. The summed E-state index contributed by atoms with van der Waals surface area (Å²) in [7, 11) is 1.26. The number of rotatable bonds is 2. The van der Waals surface area contributed by atoms with Crippen LogP contribution in [-0.2, 0) is 4.74 Å². The Bertz CT molecular complexity index is 688. The Hall–Kier alpha value is -1.000. The Morgan fingerprint density at radius 1 is 1.10 bits per heavy atom. The molecule has 0 saturated heterocycles. The Kier molecular flexibility index (Phi) is 4.76. The van der Waals surface area contributed by atoms with E-state index in [0.717, 1.165) is 0 Å². The Morgan fingerprint density at radius 2 is 1.75 bits per heavy atom. The van der Waals surface area contributed by atoms with Crippen LogP contribution in [0.4, 0.5) is 0 Å². The average molecular weight is 351 g/mol. The van der Waals surface area contributed by atoms with E-state index in [-0.39, 0.29) is 15.6 Å². The molecule has 7 heteroatoms. The van der Waals surface area contributed by atoms with Crippen LogP contribution in [0.2, 0.25) is 20.1 Å². The van der Waals surface area contributed by atoms with E-state index in [1.54, 1.807) is 12.1 Å². The van der Waals surface area contributed by atoms with Crippen LogP contribution in [0.25, 0.3) is 11.3 Å². The van der Waals surface area contributed by atoms with E-state index in [1.165, 1.54) is 19.4 Å². The molecule has 0 aliphatic rings. The number of pyridine rings is 1. The van der Waals surface area contributed by atoms with Crippen molar-refractivity contribution in [3.05, 3.63) is 50.0 Å². The highest BCUT2D eigenvalue weighted by Crippen LogP contribution is 2.38. The molecule has 0 N–H and O–H groups in total. The molecule has 0 atom stereocenters. The lowest BCUT2D eigenvalue weighted by Gasteiger charge is -2.10. The van der Waals surface area contributed by atoms with Gasteiger partial charge in [0.05, 0.1) is 38.5 Å². The molecule has 0 aliphatic heterocycles. The van der Waals surface area contributed by atoms with Crippen LogP contribution in [-0.4, -0.2) is 18.1 Å². The number of halogens is 4. The van der Waals surface area contributed by atoms with Crippen molar-refractivity contribution < 1.29 is 9.53 Å². The fourth-order valence-corrected chi connectivity index (χ4v) is 2.51. The van der Waals surface area contributed by atoms with Gasteiger partial charge < -0.3 is 4.74 Å². The fourth-order valence-electron chi connectivity index (χ4n) is 1.60. The zero-order valence-electron chi connectivity index (χ0n) is 10.1. The summed E-state index contributed by atoms with van der Waals surface area (Å²) < 4.78 is 4.65. The fraction of sp³-hybridized carbons (Fsp3) is 0.0769. The summed E-state index contributed by atoms with van der Waals surface area (Å²) in [6.07, 6.45) is 1.33. The smallest absolute Gasteiger partial charge is 0.339 e. The second-order valence-electron chi connectivity index (χ2n) is 3.76. The molecule has 0 spiro atoms. The lowest BCUT2D eigenvalue weighted by atomic mass is 10.1. The molecule has 0 bridgehead atoms. The largest absolute Gasteiger partial charge is 0.465 e. The van der Waals surface area contributed by atoms with Crippen LogP contribution in [0.1, 0.15) is 10.4 Å². The summed E-state index contributed by atoms with van der Waals surface area (Å²) in [4.78, 5) is 15.7. The van der Waals surface area contributed by atoms with Crippen molar-refractivity contribution in [2.75, 3.05) is 7.11 Å². The van der Waals surface area contributed by atoms with Gasteiger partial charge in [-0.25, -0.2) is 4.79 Å². The molecule has 0 aliphatic carbocycles. The molecule has 0 amide bonds. The van der Waals surface area contributed by atoms with E-state index in [2.05, 4.69) is 9.72 Å². The molecular weight excluding hydrogens is 344 g/mol. The number of esters is 1.